The molecule has 21 heavy (non-hydrogen) atoms. The molecule has 1 aliphatic heterocycles. The number of aromatic nitrogens is 1. The van der Waals surface area contributed by atoms with Gasteiger partial charge in [-0.2, -0.15) is 0 Å². The molecule has 1 aromatic carbocycles. The predicted molar refractivity (Wildman–Crippen MR) is 77.1 cm³/mol. The molecule has 2 aromatic rings. The van der Waals surface area contributed by atoms with Gasteiger partial charge in [-0.1, -0.05) is 6.07 Å². The van der Waals surface area contributed by atoms with Gasteiger partial charge < -0.3 is 20.5 Å². The van der Waals surface area contributed by atoms with Gasteiger partial charge in [-0.05, 0) is 30.7 Å². The number of benzene rings is 1. The Morgan fingerprint density at radius 1 is 1.33 bits per heavy atom. The summed E-state index contributed by atoms with van der Waals surface area (Å²) < 4.78 is 10.5. The van der Waals surface area contributed by atoms with E-state index in [1.807, 2.05) is 25.1 Å². The summed E-state index contributed by atoms with van der Waals surface area (Å²) in [5, 5.41) is 2.81. The van der Waals surface area contributed by atoms with Crippen LogP contribution in [0.15, 0.2) is 30.5 Å². The van der Waals surface area contributed by atoms with Gasteiger partial charge in [-0.3, -0.25) is 9.78 Å². The van der Waals surface area contributed by atoms with Crippen LogP contribution in [0.25, 0.3) is 0 Å². The Hall–Kier alpha value is -2.76. The number of ether oxygens (including phenoxy) is 2. The zero-order valence-corrected chi connectivity index (χ0v) is 11.6. The Labute approximate surface area is 121 Å². The van der Waals surface area contributed by atoms with Gasteiger partial charge in [-0.15, -0.1) is 0 Å². The van der Waals surface area contributed by atoms with E-state index >= 15 is 0 Å². The quantitative estimate of drug-likeness (QED) is 0.895. The maximum absolute atomic E-state index is 12.1. The highest BCUT2D eigenvalue weighted by Gasteiger charge is 2.14. The first-order valence-electron chi connectivity index (χ1n) is 6.52. The third-order valence-electron chi connectivity index (χ3n) is 3.21. The molecule has 0 unspecified atom stereocenters. The average Bonchev–Trinajstić information content (AvgIpc) is 2.92. The lowest BCUT2D eigenvalue weighted by Crippen LogP contribution is -2.24. The highest BCUT2D eigenvalue weighted by Crippen LogP contribution is 2.32. The van der Waals surface area contributed by atoms with Crippen LogP contribution in [-0.2, 0) is 6.54 Å². The molecule has 0 fully saturated rings. The number of pyridine rings is 1. The number of nitrogens with zero attached hydrogens (tertiary/aromatic N) is 1. The minimum absolute atomic E-state index is 0.233. The van der Waals surface area contributed by atoms with Crippen molar-refractivity contribution in [1.82, 2.24) is 10.3 Å². The summed E-state index contributed by atoms with van der Waals surface area (Å²) in [6.07, 6.45) is 1.49. The van der Waals surface area contributed by atoms with Gasteiger partial charge in [0.2, 0.25) is 6.79 Å². The topological polar surface area (TPSA) is 86.5 Å². The Morgan fingerprint density at radius 2 is 2.14 bits per heavy atom. The highest BCUT2D eigenvalue weighted by atomic mass is 16.7. The van der Waals surface area contributed by atoms with E-state index in [1.54, 1.807) is 6.07 Å². The summed E-state index contributed by atoms with van der Waals surface area (Å²) in [6.45, 7) is 2.43. The summed E-state index contributed by atoms with van der Waals surface area (Å²) in [6, 6.07) is 7.23. The molecule has 1 aliphatic rings. The Morgan fingerprint density at radius 3 is 2.95 bits per heavy atom. The number of hydrogen-bond acceptors (Lipinski definition) is 5. The molecule has 0 atom stereocenters. The summed E-state index contributed by atoms with van der Waals surface area (Å²) in [5.74, 6) is 1.16. The minimum atomic E-state index is -0.252. The second-order valence-electron chi connectivity index (χ2n) is 4.78. The van der Waals surface area contributed by atoms with E-state index in [0.717, 1.165) is 17.0 Å². The van der Waals surface area contributed by atoms with Crippen LogP contribution >= 0.6 is 0 Å². The number of carbonyl (C=O) groups excluding carboxylic acids is 1. The molecular formula is C15H15N3O3. The summed E-state index contributed by atoms with van der Waals surface area (Å²) >= 11 is 0. The minimum Gasteiger partial charge on any atom is -0.454 e. The van der Waals surface area contributed by atoms with Crippen LogP contribution in [0.2, 0.25) is 0 Å². The molecule has 0 saturated carbocycles. The van der Waals surface area contributed by atoms with E-state index in [4.69, 9.17) is 15.2 Å². The number of carbonyl (C=O) groups is 1. The molecule has 0 radical (unpaired) electrons. The van der Waals surface area contributed by atoms with E-state index in [9.17, 15) is 4.79 Å². The fraction of sp³-hybridized carbons (Fsp3) is 0.200. The summed E-state index contributed by atoms with van der Waals surface area (Å²) in [7, 11) is 0. The molecule has 6 heteroatoms. The zero-order chi connectivity index (χ0) is 14.8. The Balaban J connectivity index is 1.68. The van der Waals surface area contributed by atoms with E-state index in [0.29, 0.717) is 23.5 Å². The maximum Gasteiger partial charge on any atom is 0.255 e. The molecule has 108 valence electrons. The average molecular weight is 285 g/mol. The lowest BCUT2D eigenvalue weighted by atomic mass is 10.1. The van der Waals surface area contributed by atoms with Gasteiger partial charge in [0.1, 0.15) is 0 Å². The molecule has 2 heterocycles. The third kappa shape index (κ3) is 2.74. The number of anilines is 1. The molecule has 0 bridgehead atoms. The van der Waals surface area contributed by atoms with Crippen LogP contribution in [0.3, 0.4) is 0 Å². The molecule has 3 N–H and O–H groups in total. The normalized spacial score (nSPS) is 12.2. The molecule has 0 aliphatic carbocycles. The molecule has 0 spiro atoms. The lowest BCUT2D eigenvalue weighted by Gasteiger charge is -2.08. The van der Waals surface area contributed by atoms with Crippen molar-refractivity contribution in [1.29, 1.82) is 0 Å². The molecular weight excluding hydrogens is 270 g/mol. The SMILES string of the molecule is Cc1cc(N)c(C(=O)NCc2ccc3c(c2)OCO3)cn1. The first-order valence-corrected chi connectivity index (χ1v) is 6.52. The number of hydrogen-bond donors (Lipinski definition) is 2. The predicted octanol–water partition coefficient (Wildman–Crippen LogP) is 1.63. The van der Waals surface area contributed by atoms with Crippen molar-refractivity contribution < 1.29 is 14.3 Å². The maximum atomic E-state index is 12.1. The summed E-state index contributed by atoms with van der Waals surface area (Å²) in [5.41, 5.74) is 8.33. The fourth-order valence-electron chi connectivity index (χ4n) is 2.10. The molecule has 1 amide bonds. The van der Waals surface area contributed by atoms with Gasteiger partial charge in [-0.25, -0.2) is 0 Å². The number of nitrogen functional groups attached to an aromatic ring is 1. The fourth-order valence-corrected chi connectivity index (χ4v) is 2.10. The van der Waals surface area contributed by atoms with Crippen molar-refractivity contribution in [2.45, 2.75) is 13.5 Å². The molecule has 6 nitrogen and oxygen atoms in total. The van der Waals surface area contributed by atoms with E-state index in [-0.39, 0.29) is 12.7 Å². The molecule has 1 aromatic heterocycles. The van der Waals surface area contributed by atoms with Crippen LogP contribution < -0.4 is 20.5 Å². The smallest absolute Gasteiger partial charge is 0.255 e. The van der Waals surface area contributed by atoms with Crippen molar-refractivity contribution in [2.75, 3.05) is 12.5 Å². The van der Waals surface area contributed by atoms with E-state index in [2.05, 4.69) is 10.3 Å². The van der Waals surface area contributed by atoms with Gasteiger partial charge in [0.25, 0.3) is 5.91 Å². The van der Waals surface area contributed by atoms with Crippen molar-refractivity contribution in [2.24, 2.45) is 0 Å². The number of nitrogens with two attached hydrogens (primary N) is 1. The number of amides is 1. The third-order valence-corrected chi connectivity index (χ3v) is 3.21. The Bertz CT molecular complexity index is 701. The van der Waals surface area contributed by atoms with Crippen molar-refractivity contribution in [3.8, 4) is 11.5 Å². The van der Waals surface area contributed by atoms with Crippen molar-refractivity contribution in [3.05, 3.63) is 47.3 Å². The van der Waals surface area contributed by atoms with Crippen LogP contribution in [0.4, 0.5) is 5.69 Å². The molecule has 3 rings (SSSR count). The number of fused-ring (bicyclic) bond motifs is 1. The van der Waals surface area contributed by atoms with Crippen LogP contribution in [0.5, 0.6) is 11.5 Å². The van der Waals surface area contributed by atoms with Gasteiger partial charge >= 0.3 is 0 Å². The Kier molecular flexibility index (Phi) is 3.35. The van der Waals surface area contributed by atoms with Crippen LogP contribution in [-0.4, -0.2) is 17.7 Å². The van der Waals surface area contributed by atoms with Gasteiger partial charge in [0.15, 0.2) is 11.5 Å². The highest BCUT2D eigenvalue weighted by molar-refractivity contribution is 5.98. The van der Waals surface area contributed by atoms with Crippen LogP contribution in [0.1, 0.15) is 21.6 Å². The van der Waals surface area contributed by atoms with Crippen molar-refractivity contribution >= 4 is 11.6 Å². The first kappa shape index (κ1) is 13.2. The number of rotatable bonds is 3. The van der Waals surface area contributed by atoms with Gasteiger partial charge in [0.05, 0.1) is 5.56 Å². The second kappa shape index (κ2) is 5.32. The van der Waals surface area contributed by atoms with E-state index in [1.165, 1.54) is 6.20 Å². The molecule has 0 saturated heterocycles. The number of nitrogens with one attached hydrogen (secondary N) is 1. The first-order chi connectivity index (χ1) is 10.1. The van der Waals surface area contributed by atoms with E-state index < -0.39 is 0 Å². The van der Waals surface area contributed by atoms with Gasteiger partial charge in [0, 0.05) is 24.1 Å². The monoisotopic (exact) mass is 285 g/mol. The summed E-state index contributed by atoms with van der Waals surface area (Å²) in [4.78, 5) is 16.2. The largest absolute Gasteiger partial charge is 0.454 e. The standard InChI is InChI=1S/C15H15N3O3/c1-9-4-12(16)11(7-17-9)15(19)18-6-10-2-3-13-14(5-10)21-8-20-13/h2-5,7H,6,8H2,1H3,(H2,16,17)(H,18,19). The van der Waals surface area contributed by atoms with Crippen molar-refractivity contribution in [3.63, 3.8) is 0 Å². The zero-order valence-electron chi connectivity index (χ0n) is 11.6. The lowest BCUT2D eigenvalue weighted by molar-refractivity contribution is 0.0951. The van der Waals surface area contributed by atoms with Crippen LogP contribution in [0, 0.1) is 6.92 Å². The second-order valence-corrected chi connectivity index (χ2v) is 4.78. The number of aryl methyl sites for hydroxylation is 1.